The number of phenols is 1. The maximum Gasteiger partial charge on any atom is 0.303 e. The predicted molar refractivity (Wildman–Crippen MR) is 182 cm³/mol. The molecule has 7 nitrogen and oxygen atoms in total. The third-order valence-electron chi connectivity index (χ3n) is 11.0. The van der Waals surface area contributed by atoms with Crippen LogP contribution in [0.1, 0.15) is 62.3 Å². The van der Waals surface area contributed by atoms with Crippen LogP contribution in [0.3, 0.4) is 0 Å². The number of carbonyl (C=O) groups is 2. The molecule has 47 heavy (non-hydrogen) atoms. The van der Waals surface area contributed by atoms with Gasteiger partial charge in [0.05, 0.1) is 34.0 Å². The van der Waals surface area contributed by atoms with Crippen LogP contribution in [0.5, 0.6) is 11.5 Å². The van der Waals surface area contributed by atoms with Gasteiger partial charge in [0.25, 0.3) is 0 Å². The molecule has 1 saturated carbocycles. The van der Waals surface area contributed by atoms with E-state index in [2.05, 4.69) is 43.0 Å². The highest BCUT2D eigenvalue weighted by atomic mass is 35.5. The first-order valence-corrected chi connectivity index (χ1v) is 17.5. The van der Waals surface area contributed by atoms with Crippen molar-refractivity contribution in [3.63, 3.8) is 0 Å². The summed E-state index contributed by atoms with van der Waals surface area (Å²) in [7, 11) is 0. The van der Waals surface area contributed by atoms with Crippen LogP contribution in [0, 0.1) is 5.92 Å². The molecular weight excluding hydrogens is 635 g/mol. The van der Waals surface area contributed by atoms with E-state index in [0.29, 0.717) is 48.0 Å². The van der Waals surface area contributed by atoms with E-state index in [1.165, 1.54) is 12.5 Å². The molecule has 7 rings (SSSR count). The fraction of sp³-hybridized carbons (Fsp3) is 0.474. The SMILES string of the molecule is CC(=O)O[C@@]12CCC(N(CC(C)C)C(=O)Cc3ccc(Cl)c(Cl)c3)C3Oc4c(O)ccc5c4[C@@]31CCN(CCc1ccccc1)[C@@H]2C5. The lowest BCUT2D eigenvalue weighted by Gasteiger charge is -2.65. The van der Waals surface area contributed by atoms with Gasteiger partial charge in [-0.05, 0) is 79.5 Å². The van der Waals surface area contributed by atoms with E-state index in [4.69, 9.17) is 32.7 Å². The zero-order valence-corrected chi connectivity index (χ0v) is 28.7. The number of carbonyl (C=O) groups excluding carboxylic acids is 2. The topological polar surface area (TPSA) is 79.3 Å². The Morgan fingerprint density at radius 2 is 1.85 bits per heavy atom. The van der Waals surface area contributed by atoms with Crippen LogP contribution in [0.15, 0.2) is 60.7 Å². The van der Waals surface area contributed by atoms with Crippen molar-refractivity contribution in [1.29, 1.82) is 0 Å². The van der Waals surface area contributed by atoms with E-state index in [1.807, 2.05) is 23.1 Å². The Bertz CT molecular complexity index is 1700. The van der Waals surface area contributed by atoms with E-state index in [1.54, 1.807) is 18.2 Å². The molecular formula is C38H42Cl2N2O5. The fourth-order valence-electron chi connectivity index (χ4n) is 9.28. The predicted octanol–water partition coefficient (Wildman–Crippen LogP) is 6.76. The van der Waals surface area contributed by atoms with Crippen LogP contribution in [0.4, 0.5) is 0 Å². The van der Waals surface area contributed by atoms with Crippen LogP contribution >= 0.6 is 23.2 Å². The number of piperidine rings is 1. The number of halogens is 2. The van der Waals surface area contributed by atoms with Gasteiger partial charge < -0.3 is 19.5 Å². The molecule has 2 fully saturated rings. The minimum Gasteiger partial charge on any atom is -0.504 e. The number of esters is 1. The van der Waals surface area contributed by atoms with Gasteiger partial charge in [-0.2, -0.15) is 0 Å². The van der Waals surface area contributed by atoms with E-state index in [-0.39, 0.29) is 42.0 Å². The number of phenolic OH excluding ortho intramolecular Hbond substituents is 1. The fourth-order valence-corrected chi connectivity index (χ4v) is 9.61. The third kappa shape index (κ3) is 5.30. The lowest BCUT2D eigenvalue weighted by atomic mass is 9.48. The van der Waals surface area contributed by atoms with Gasteiger partial charge >= 0.3 is 5.97 Å². The molecule has 0 aromatic heterocycles. The average molecular weight is 678 g/mol. The monoisotopic (exact) mass is 676 g/mol. The molecule has 2 aliphatic carbocycles. The summed E-state index contributed by atoms with van der Waals surface area (Å²) in [5.41, 5.74) is 2.58. The highest BCUT2D eigenvalue weighted by Crippen LogP contribution is 2.67. The first kappa shape index (κ1) is 32.3. The third-order valence-corrected chi connectivity index (χ3v) is 11.7. The zero-order chi connectivity index (χ0) is 33.1. The van der Waals surface area contributed by atoms with Crippen LogP contribution in [0.2, 0.25) is 10.0 Å². The van der Waals surface area contributed by atoms with Crippen molar-refractivity contribution in [3.8, 4) is 11.5 Å². The van der Waals surface area contributed by atoms with Gasteiger partial charge in [-0.25, -0.2) is 0 Å². The average Bonchev–Trinajstić information content (AvgIpc) is 3.39. The maximum absolute atomic E-state index is 14.3. The van der Waals surface area contributed by atoms with Crippen molar-refractivity contribution in [2.75, 3.05) is 19.6 Å². The lowest BCUT2D eigenvalue weighted by molar-refractivity contribution is -0.224. The van der Waals surface area contributed by atoms with Crippen molar-refractivity contribution in [3.05, 3.63) is 93.0 Å². The summed E-state index contributed by atoms with van der Waals surface area (Å²) in [4.78, 5) is 31.9. The normalized spacial score (nSPS) is 27.2. The van der Waals surface area contributed by atoms with Gasteiger partial charge in [0.2, 0.25) is 5.91 Å². The minimum absolute atomic E-state index is 0.0184. The van der Waals surface area contributed by atoms with Crippen LogP contribution in [-0.2, 0) is 39.0 Å². The lowest BCUT2D eigenvalue weighted by Crippen LogP contribution is -2.79. The minimum atomic E-state index is -0.864. The molecule has 2 bridgehead atoms. The van der Waals surface area contributed by atoms with Crippen LogP contribution in [-0.4, -0.2) is 70.2 Å². The number of likely N-dealkylation sites (tertiary alicyclic amines) is 1. The van der Waals surface area contributed by atoms with E-state index in [0.717, 1.165) is 36.2 Å². The van der Waals surface area contributed by atoms with Gasteiger partial charge in [0, 0.05) is 25.6 Å². The van der Waals surface area contributed by atoms with Crippen LogP contribution in [0.25, 0.3) is 0 Å². The van der Waals surface area contributed by atoms with Gasteiger partial charge in [-0.15, -0.1) is 0 Å². The number of aromatic hydroxyl groups is 1. The standard InChI is InChI=1S/C38H42Cl2N2O5/c1-23(2)22-42(33(45)20-26-9-11-28(39)29(40)19-26)30-13-15-38(47-24(3)43)32-21-27-10-12-31(44)35-34(27)37(38,36(30)46-35)16-18-41(32)17-14-25-7-5-4-6-8-25/h4-12,19,23,30,32,36,44H,13-18,20-22H2,1-3H3/t30?,32-,36?,37+,38-/m1/s1. The molecule has 9 heteroatoms. The highest BCUT2D eigenvalue weighted by molar-refractivity contribution is 6.42. The van der Waals surface area contributed by atoms with E-state index in [9.17, 15) is 14.7 Å². The zero-order valence-electron chi connectivity index (χ0n) is 27.2. The summed E-state index contributed by atoms with van der Waals surface area (Å²) in [5, 5.41) is 12.1. The Kier molecular flexibility index (Phi) is 8.47. The molecule has 3 aromatic rings. The second kappa shape index (κ2) is 12.3. The Balaban J connectivity index is 1.30. The van der Waals surface area contributed by atoms with Gasteiger partial charge in [-0.3, -0.25) is 14.5 Å². The Hall–Kier alpha value is -3.26. The quantitative estimate of drug-likeness (QED) is 0.252. The van der Waals surface area contributed by atoms with E-state index < -0.39 is 17.1 Å². The summed E-state index contributed by atoms with van der Waals surface area (Å²) in [6, 6.07) is 19.2. The highest BCUT2D eigenvalue weighted by Gasteiger charge is 2.75. The molecule has 0 radical (unpaired) electrons. The largest absolute Gasteiger partial charge is 0.504 e. The number of hydrogen-bond acceptors (Lipinski definition) is 6. The van der Waals surface area contributed by atoms with Crippen molar-refractivity contribution >= 4 is 35.1 Å². The van der Waals surface area contributed by atoms with Crippen LogP contribution < -0.4 is 4.74 Å². The summed E-state index contributed by atoms with van der Waals surface area (Å²) in [6.45, 7) is 7.90. The smallest absolute Gasteiger partial charge is 0.303 e. The number of nitrogens with zero attached hydrogens (tertiary/aromatic N) is 2. The van der Waals surface area contributed by atoms with Gasteiger partial charge in [-0.1, -0.05) is 79.5 Å². The molecule has 2 unspecified atom stereocenters. The second-order valence-electron chi connectivity index (χ2n) is 14.2. The maximum atomic E-state index is 14.3. The molecule has 248 valence electrons. The van der Waals surface area contributed by atoms with Gasteiger partial charge in [0.15, 0.2) is 11.5 Å². The number of ether oxygens (including phenoxy) is 2. The number of amides is 1. The summed E-state index contributed by atoms with van der Waals surface area (Å²) in [6.07, 6.45) is 3.15. The molecule has 4 aliphatic rings. The molecule has 1 spiro atoms. The van der Waals surface area contributed by atoms with Gasteiger partial charge in [0.1, 0.15) is 11.7 Å². The second-order valence-corrected chi connectivity index (χ2v) is 15.0. The molecule has 2 aliphatic heterocycles. The molecule has 1 amide bonds. The number of benzene rings is 3. The summed E-state index contributed by atoms with van der Waals surface area (Å²) < 4.78 is 13.5. The van der Waals surface area contributed by atoms with Crippen molar-refractivity contribution in [2.24, 2.45) is 5.92 Å². The summed E-state index contributed by atoms with van der Waals surface area (Å²) in [5.74, 6) is 0.439. The first-order valence-electron chi connectivity index (χ1n) is 16.8. The summed E-state index contributed by atoms with van der Waals surface area (Å²) >= 11 is 12.5. The molecule has 2 heterocycles. The molecule has 1 saturated heterocycles. The Morgan fingerprint density at radius 3 is 2.57 bits per heavy atom. The number of hydrogen-bond donors (Lipinski definition) is 1. The Labute approximate surface area is 286 Å². The van der Waals surface area contributed by atoms with Crippen molar-refractivity contribution in [1.82, 2.24) is 9.80 Å². The van der Waals surface area contributed by atoms with Crippen molar-refractivity contribution < 1.29 is 24.2 Å². The number of rotatable bonds is 9. The molecule has 5 atom stereocenters. The first-order chi connectivity index (χ1) is 22.5. The molecule has 1 N–H and O–H groups in total. The Morgan fingerprint density at radius 1 is 1.06 bits per heavy atom. The van der Waals surface area contributed by atoms with Crippen molar-refractivity contribution in [2.45, 2.75) is 88.5 Å². The molecule has 3 aromatic carbocycles. The van der Waals surface area contributed by atoms with E-state index >= 15 is 0 Å².